The fourth-order valence-corrected chi connectivity index (χ4v) is 1.45. The number of hydrogen-bond donors (Lipinski definition) is 1. The van der Waals surface area contributed by atoms with Crippen LogP contribution in [0.2, 0.25) is 0 Å². The smallest absolute Gasteiger partial charge is 0.110 e. The standard InChI is InChI=1S/C10H18O2/c1-3-4-5-6-7-9-10(12-9)8(2)11/h3,8-11H,1,4-7H2,2H3. The molecule has 1 rings (SSSR count). The summed E-state index contributed by atoms with van der Waals surface area (Å²) < 4.78 is 5.28. The second kappa shape index (κ2) is 4.63. The maximum absolute atomic E-state index is 9.12. The Morgan fingerprint density at radius 1 is 1.58 bits per heavy atom. The highest BCUT2D eigenvalue weighted by Gasteiger charge is 2.41. The van der Waals surface area contributed by atoms with Crippen LogP contribution in [0.5, 0.6) is 0 Å². The number of aliphatic hydroxyl groups is 1. The molecule has 0 aromatic heterocycles. The third-order valence-electron chi connectivity index (χ3n) is 2.24. The van der Waals surface area contributed by atoms with Gasteiger partial charge in [-0.3, -0.25) is 0 Å². The second-order valence-corrected chi connectivity index (χ2v) is 3.45. The van der Waals surface area contributed by atoms with E-state index in [0.717, 1.165) is 12.8 Å². The van der Waals surface area contributed by atoms with Crippen molar-refractivity contribution in [3.05, 3.63) is 12.7 Å². The largest absolute Gasteiger partial charge is 0.391 e. The van der Waals surface area contributed by atoms with Gasteiger partial charge in [-0.25, -0.2) is 0 Å². The molecule has 12 heavy (non-hydrogen) atoms. The van der Waals surface area contributed by atoms with Crippen LogP contribution in [0.15, 0.2) is 12.7 Å². The molecule has 1 aliphatic heterocycles. The highest BCUT2D eigenvalue weighted by atomic mass is 16.6. The van der Waals surface area contributed by atoms with Crippen LogP contribution in [0.25, 0.3) is 0 Å². The van der Waals surface area contributed by atoms with E-state index < -0.39 is 0 Å². The average molecular weight is 170 g/mol. The van der Waals surface area contributed by atoms with Gasteiger partial charge in [0.25, 0.3) is 0 Å². The van der Waals surface area contributed by atoms with Crippen molar-refractivity contribution in [2.45, 2.75) is 50.9 Å². The Morgan fingerprint density at radius 2 is 2.33 bits per heavy atom. The molecular weight excluding hydrogens is 152 g/mol. The van der Waals surface area contributed by atoms with Crippen molar-refractivity contribution in [1.29, 1.82) is 0 Å². The summed E-state index contributed by atoms with van der Waals surface area (Å²) in [4.78, 5) is 0. The van der Waals surface area contributed by atoms with Crippen molar-refractivity contribution in [2.24, 2.45) is 0 Å². The lowest BCUT2D eigenvalue weighted by atomic mass is 10.1. The van der Waals surface area contributed by atoms with E-state index in [0.29, 0.717) is 6.10 Å². The summed E-state index contributed by atoms with van der Waals surface area (Å²) in [7, 11) is 0. The van der Waals surface area contributed by atoms with Crippen LogP contribution in [0.4, 0.5) is 0 Å². The number of ether oxygens (including phenoxy) is 1. The number of unbranched alkanes of at least 4 members (excludes halogenated alkanes) is 2. The molecule has 0 aromatic rings. The third kappa shape index (κ3) is 2.95. The molecule has 0 aromatic carbocycles. The van der Waals surface area contributed by atoms with Gasteiger partial charge in [0.05, 0.1) is 12.2 Å². The minimum Gasteiger partial charge on any atom is -0.391 e. The molecule has 0 spiro atoms. The summed E-state index contributed by atoms with van der Waals surface area (Å²) >= 11 is 0. The van der Waals surface area contributed by atoms with Crippen molar-refractivity contribution in [2.75, 3.05) is 0 Å². The SMILES string of the molecule is C=CCCCCC1OC1C(C)O. The molecule has 2 nitrogen and oxygen atoms in total. The summed E-state index contributed by atoms with van der Waals surface area (Å²) in [5.41, 5.74) is 0. The van der Waals surface area contributed by atoms with Crippen LogP contribution >= 0.6 is 0 Å². The molecule has 0 bridgehead atoms. The number of rotatable bonds is 6. The Morgan fingerprint density at radius 3 is 2.83 bits per heavy atom. The van der Waals surface area contributed by atoms with E-state index in [-0.39, 0.29) is 12.2 Å². The van der Waals surface area contributed by atoms with Gasteiger partial charge in [-0.1, -0.05) is 12.5 Å². The first-order valence-corrected chi connectivity index (χ1v) is 4.70. The van der Waals surface area contributed by atoms with E-state index in [1.165, 1.54) is 12.8 Å². The van der Waals surface area contributed by atoms with Gasteiger partial charge in [-0.05, 0) is 26.2 Å². The molecule has 0 saturated carbocycles. The minimum absolute atomic E-state index is 0.119. The normalized spacial score (nSPS) is 29.8. The molecule has 3 unspecified atom stereocenters. The Balaban J connectivity index is 1.93. The molecule has 1 saturated heterocycles. The quantitative estimate of drug-likeness (QED) is 0.375. The minimum atomic E-state index is -0.297. The summed E-state index contributed by atoms with van der Waals surface area (Å²) in [6.07, 6.45) is 6.64. The zero-order valence-electron chi connectivity index (χ0n) is 7.70. The lowest BCUT2D eigenvalue weighted by Crippen LogP contribution is -2.11. The molecule has 1 heterocycles. The fraction of sp³-hybridized carbons (Fsp3) is 0.800. The maximum atomic E-state index is 9.12. The Labute approximate surface area is 74.2 Å². The highest BCUT2D eigenvalue weighted by Crippen LogP contribution is 2.29. The van der Waals surface area contributed by atoms with Crippen molar-refractivity contribution >= 4 is 0 Å². The summed E-state index contributed by atoms with van der Waals surface area (Å²) in [6.45, 7) is 5.45. The van der Waals surface area contributed by atoms with Gasteiger partial charge in [0.15, 0.2) is 0 Å². The van der Waals surface area contributed by atoms with Crippen LogP contribution in [0.1, 0.15) is 32.6 Å². The van der Waals surface area contributed by atoms with Gasteiger partial charge in [0, 0.05) is 0 Å². The second-order valence-electron chi connectivity index (χ2n) is 3.45. The molecule has 0 radical (unpaired) electrons. The highest BCUT2D eigenvalue weighted by molar-refractivity contribution is 4.88. The average Bonchev–Trinajstić information content (AvgIpc) is 2.77. The summed E-state index contributed by atoms with van der Waals surface area (Å²) in [6, 6.07) is 0. The van der Waals surface area contributed by atoms with Crippen molar-refractivity contribution < 1.29 is 9.84 Å². The Hall–Kier alpha value is -0.340. The van der Waals surface area contributed by atoms with Crippen LogP contribution in [-0.2, 0) is 4.74 Å². The number of hydrogen-bond acceptors (Lipinski definition) is 2. The third-order valence-corrected chi connectivity index (χ3v) is 2.24. The fourth-order valence-electron chi connectivity index (χ4n) is 1.45. The van der Waals surface area contributed by atoms with Crippen molar-refractivity contribution in [1.82, 2.24) is 0 Å². The first kappa shape index (κ1) is 9.75. The topological polar surface area (TPSA) is 32.8 Å². The molecular formula is C10H18O2. The van der Waals surface area contributed by atoms with Gasteiger partial charge < -0.3 is 9.84 Å². The van der Waals surface area contributed by atoms with Crippen LogP contribution in [-0.4, -0.2) is 23.4 Å². The van der Waals surface area contributed by atoms with E-state index >= 15 is 0 Å². The van der Waals surface area contributed by atoms with Gasteiger partial charge >= 0.3 is 0 Å². The van der Waals surface area contributed by atoms with E-state index in [1.54, 1.807) is 6.92 Å². The summed E-state index contributed by atoms with van der Waals surface area (Å²) in [5.74, 6) is 0. The summed E-state index contributed by atoms with van der Waals surface area (Å²) in [5, 5.41) is 9.12. The Bertz CT molecular complexity index is 143. The predicted molar refractivity (Wildman–Crippen MR) is 49.0 cm³/mol. The van der Waals surface area contributed by atoms with Crippen LogP contribution < -0.4 is 0 Å². The molecule has 0 amide bonds. The van der Waals surface area contributed by atoms with Crippen LogP contribution in [0, 0.1) is 0 Å². The zero-order chi connectivity index (χ0) is 8.97. The molecule has 1 fully saturated rings. The number of aliphatic hydroxyl groups excluding tert-OH is 1. The maximum Gasteiger partial charge on any atom is 0.110 e. The van der Waals surface area contributed by atoms with Gasteiger partial charge in [0.2, 0.25) is 0 Å². The van der Waals surface area contributed by atoms with E-state index in [1.807, 2.05) is 6.08 Å². The Kier molecular flexibility index (Phi) is 3.76. The van der Waals surface area contributed by atoms with E-state index in [2.05, 4.69) is 6.58 Å². The molecule has 3 atom stereocenters. The first-order valence-electron chi connectivity index (χ1n) is 4.70. The molecule has 0 aliphatic carbocycles. The molecule has 2 heteroatoms. The molecule has 70 valence electrons. The first-order chi connectivity index (χ1) is 5.75. The van der Waals surface area contributed by atoms with Gasteiger partial charge in [-0.2, -0.15) is 0 Å². The molecule has 1 N–H and O–H groups in total. The molecule has 1 aliphatic rings. The lowest BCUT2D eigenvalue weighted by molar-refractivity contribution is 0.152. The monoisotopic (exact) mass is 170 g/mol. The van der Waals surface area contributed by atoms with Crippen molar-refractivity contribution in [3.8, 4) is 0 Å². The number of allylic oxidation sites excluding steroid dienone is 1. The van der Waals surface area contributed by atoms with Gasteiger partial charge in [0.1, 0.15) is 6.10 Å². The number of epoxide rings is 1. The van der Waals surface area contributed by atoms with E-state index in [4.69, 9.17) is 9.84 Å². The zero-order valence-corrected chi connectivity index (χ0v) is 7.70. The van der Waals surface area contributed by atoms with E-state index in [9.17, 15) is 0 Å². The predicted octanol–water partition coefficient (Wildman–Crippen LogP) is 1.88. The van der Waals surface area contributed by atoms with Crippen LogP contribution in [0.3, 0.4) is 0 Å². The van der Waals surface area contributed by atoms with Crippen molar-refractivity contribution in [3.63, 3.8) is 0 Å². The lowest BCUT2D eigenvalue weighted by Gasteiger charge is -1.97. The van der Waals surface area contributed by atoms with Gasteiger partial charge in [-0.15, -0.1) is 6.58 Å².